The Morgan fingerprint density at radius 1 is 1.11 bits per heavy atom. The highest BCUT2D eigenvalue weighted by Crippen LogP contribution is 2.31. The molecule has 100 valence electrons. The minimum Gasteiger partial charge on any atom is -0.383 e. The lowest BCUT2D eigenvalue weighted by Crippen LogP contribution is -2.47. The zero-order chi connectivity index (χ0) is 13.6. The lowest BCUT2D eigenvalue weighted by atomic mass is 9.98. The van der Waals surface area contributed by atoms with Crippen LogP contribution in [-0.4, -0.2) is 29.3 Å². The van der Waals surface area contributed by atoms with Crippen molar-refractivity contribution in [1.29, 1.82) is 0 Å². The number of likely N-dealkylation sites (tertiary alicyclic amines) is 1. The maximum Gasteiger partial charge on any atom is 0.233 e. The van der Waals surface area contributed by atoms with E-state index in [2.05, 4.69) is 5.32 Å². The molecule has 3 rings (SSSR count). The van der Waals surface area contributed by atoms with Gasteiger partial charge in [0.25, 0.3) is 0 Å². The Kier molecular flexibility index (Phi) is 2.81. The second kappa shape index (κ2) is 4.37. The highest BCUT2D eigenvalue weighted by atomic mass is 16.2. The van der Waals surface area contributed by atoms with Crippen molar-refractivity contribution >= 4 is 17.5 Å². The van der Waals surface area contributed by atoms with E-state index >= 15 is 0 Å². The maximum absolute atomic E-state index is 12.2. The van der Waals surface area contributed by atoms with Gasteiger partial charge >= 0.3 is 0 Å². The topological polar surface area (TPSA) is 49.4 Å². The summed E-state index contributed by atoms with van der Waals surface area (Å²) in [4.78, 5) is 25.9. The Hall–Kier alpha value is -1.84. The van der Waals surface area contributed by atoms with Crippen LogP contribution in [0.4, 0.5) is 5.69 Å². The van der Waals surface area contributed by atoms with Crippen LogP contribution in [0.3, 0.4) is 0 Å². The number of carbonyl (C=O) groups is 2. The van der Waals surface area contributed by atoms with E-state index in [9.17, 15) is 9.59 Å². The molecule has 4 heteroatoms. The van der Waals surface area contributed by atoms with Crippen molar-refractivity contribution in [2.75, 3.05) is 11.9 Å². The van der Waals surface area contributed by atoms with Gasteiger partial charge in [0.15, 0.2) is 0 Å². The second-order valence-corrected chi connectivity index (χ2v) is 5.52. The third-order valence-electron chi connectivity index (χ3n) is 4.37. The molecule has 0 aromatic heterocycles. The third kappa shape index (κ3) is 1.82. The summed E-state index contributed by atoms with van der Waals surface area (Å²) in [6.45, 7) is 4.33. The lowest BCUT2D eigenvalue weighted by molar-refractivity contribution is -0.142. The number of hydrogen-bond acceptors (Lipinski definition) is 3. The molecule has 1 aromatic carbocycles. The van der Waals surface area contributed by atoms with Crippen LogP contribution < -0.4 is 5.32 Å². The summed E-state index contributed by atoms with van der Waals surface area (Å²) in [6, 6.07) is 8.00. The van der Waals surface area contributed by atoms with E-state index in [4.69, 9.17) is 0 Å². The maximum atomic E-state index is 12.2. The average molecular weight is 258 g/mol. The van der Waals surface area contributed by atoms with Gasteiger partial charge in [-0.25, -0.2) is 0 Å². The van der Waals surface area contributed by atoms with Crippen LogP contribution in [0.5, 0.6) is 0 Å². The van der Waals surface area contributed by atoms with Crippen LogP contribution in [0.25, 0.3) is 0 Å². The number of rotatable bonds is 1. The number of hydrogen-bond donors (Lipinski definition) is 1. The number of nitrogens with one attached hydrogen (secondary N) is 1. The minimum atomic E-state index is -0.190. The van der Waals surface area contributed by atoms with Crippen LogP contribution in [-0.2, 0) is 16.0 Å². The van der Waals surface area contributed by atoms with Gasteiger partial charge in [0.1, 0.15) is 0 Å². The van der Waals surface area contributed by atoms with Gasteiger partial charge in [0.05, 0.1) is 6.04 Å². The van der Waals surface area contributed by atoms with E-state index in [-0.39, 0.29) is 29.7 Å². The fourth-order valence-electron chi connectivity index (χ4n) is 2.94. The molecule has 0 bridgehead atoms. The molecule has 1 aromatic rings. The number of nitrogens with zero attached hydrogens (tertiary/aromatic N) is 1. The van der Waals surface area contributed by atoms with Crippen LogP contribution in [0.1, 0.15) is 19.4 Å². The van der Waals surface area contributed by atoms with E-state index < -0.39 is 0 Å². The standard InChI is InChI=1S/C15H18N2O2/c1-9-10(2)15(19)17(14(9)18)12-7-11-5-3-4-6-13(11)16-8-12/h3-6,9-10,12,16H,7-8H2,1-2H3. The molecule has 19 heavy (non-hydrogen) atoms. The van der Waals surface area contributed by atoms with Crippen molar-refractivity contribution in [3.8, 4) is 0 Å². The van der Waals surface area contributed by atoms with Gasteiger partial charge in [-0.3, -0.25) is 14.5 Å². The van der Waals surface area contributed by atoms with E-state index in [1.54, 1.807) is 0 Å². The zero-order valence-electron chi connectivity index (χ0n) is 11.2. The fraction of sp³-hybridized carbons (Fsp3) is 0.467. The summed E-state index contributed by atoms with van der Waals surface area (Å²) in [5, 5.41) is 3.31. The first kappa shape index (κ1) is 12.2. The smallest absolute Gasteiger partial charge is 0.233 e. The zero-order valence-corrected chi connectivity index (χ0v) is 11.2. The molecule has 4 nitrogen and oxygen atoms in total. The van der Waals surface area contributed by atoms with Crippen LogP contribution in [0, 0.1) is 11.8 Å². The van der Waals surface area contributed by atoms with Crippen LogP contribution in [0.2, 0.25) is 0 Å². The fourth-order valence-corrected chi connectivity index (χ4v) is 2.94. The lowest BCUT2D eigenvalue weighted by Gasteiger charge is -2.32. The van der Waals surface area contributed by atoms with Gasteiger partial charge in [-0.05, 0) is 18.1 Å². The summed E-state index contributed by atoms with van der Waals surface area (Å²) in [6.07, 6.45) is 0.750. The van der Waals surface area contributed by atoms with Crippen molar-refractivity contribution in [2.45, 2.75) is 26.3 Å². The molecule has 1 N–H and O–H groups in total. The average Bonchev–Trinajstić information content (AvgIpc) is 2.63. The molecule has 3 unspecified atom stereocenters. The van der Waals surface area contributed by atoms with Crippen LogP contribution >= 0.6 is 0 Å². The highest BCUT2D eigenvalue weighted by molar-refractivity contribution is 6.05. The quantitative estimate of drug-likeness (QED) is 0.779. The number of carbonyl (C=O) groups excluding carboxylic acids is 2. The minimum absolute atomic E-state index is 0.0244. The Labute approximate surface area is 112 Å². The van der Waals surface area contributed by atoms with Gasteiger partial charge in [-0.1, -0.05) is 32.0 Å². The predicted molar refractivity (Wildman–Crippen MR) is 72.6 cm³/mol. The summed E-state index contributed by atoms with van der Waals surface area (Å²) >= 11 is 0. The highest BCUT2D eigenvalue weighted by Gasteiger charge is 2.45. The summed E-state index contributed by atoms with van der Waals surface area (Å²) in [5.41, 5.74) is 2.28. The molecule has 2 aliphatic heterocycles. The number of benzene rings is 1. The Morgan fingerprint density at radius 2 is 1.74 bits per heavy atom. The Morgan fingerprint density at radius 3 is 2.42 bits per heavy atom. The molecule has 0 spiro atoms. The van der Waals surface area contributed by atoms with Crippen molar-refractivity contribution < 1.29 is 9.59 Å². The molecule has 0 saturated carbocycles. The van der Waals surface area contributed by atoms with E-state index in [1.807, 2.05) is 38.1 Å². The number of anilines is 1. The van der Waals surface area contributed by atoms with Gasteiger partial charge in [-0.15, -0.1) is 0 Å². The molecular formula is C15H18N2O2. The third-order valence-corrected chi connectivity index (χ3v) is 4.37. The van der Waals surface area contributed by atoms with Crippen molar-refractivity contribution in [2.24, 2.45) is 11.8 Å². The van der Waals surface area contributed by atoms with Crippen molar-refractivity contribution in [1.82, 2.24) is 4.90 Å². The molecule has 2 amide bonds. The molecule has 3 atom stereocenters. The van der Waals surface area contributed by atoms with Gasteiger partial charge in [0.2, 0.25) is 11.8 Å². The van der Waals surface area contributed by atoms with E-state index in [0.717, 1.165) is 12.1 Å². The summed E-state index contributed by atoms with van der Waals surface area (Å²) in [5.74, 6) is -0.429. The number of para-hydroxylation sites is 1. The normalized spacial score (nSPS) is 30.2. The van der Waals surface area contributed by atoms with E-state index in [0.29, 0.717) is 6.54 Å². The second-order valence-electron chi connectivity index (χ2n) is 5.52. The first-order valence-corrected chi connectivity index (χ1v) is 6.78. The van der Waals surface area contributed by atoms with Crippen LogP contribution in [0.15, 0.2) is 24.3 Å². The number of fused-ring (bicyclic) bond motifs is 1. The molecule has 1 saturated heterocycles. The monoisotopic (exact) mass is 258 g/mol. The van der Waals surface area contributed by atoms with Gasteiger partial charge < -0.3 is 5.32 Å². The Balaban J connectivity index is 1.86. The first-order chi connectivity index (χ1) is 9.09. The molecular weight excluding hydrogens is 240 g/mol. The number of imide groups is 1. The molecule has 1 fully saturated rings. The Bertz CT molecular complexity index is 521. The van der Waals surface area contributed by atoms with Gasteiger partial charge in [0, 0.05) is 24.1 Å². The van der Waals surface area contributed by atoms with Crippen molar-refractivity contribution in [3.63, 3.8) is 0 Å². The molecule has 0 aliphatic carbocycles. The summed E-state index contributed by atoms with van der Waals surface area (Å²) < 4.78 is 0. The molecule has 0 radical (unpaired) electrons. The van der Waals surface area contributed by atoms with Crippen molar-refractivity contribution in [3.05, 3.63) is 29.8 Å². The SMILES string of the molecule is CC1C(=O)N(C2CNc3ccccc3C2)C(=O)C1C. The molecule has 2 aliphatic rings. The van der Waals surface area contributed by atoms with E-state index in [1.165, 1.54) is 10.5 Å². The predicted octanol–water partition coefficient (Wildman–Crippen LogP) is 1.66. The summed E-state index contributed by atoms with van der Waals surface area (Å²) in [7, 11) is 0. The number of amides is 2. The first-order valence-electron chi connectivity index (χ1n) is 6.78. The van der Waals surface area contributed by atoms with Gasteiger partial charge in [-0.2, -0.15) is 0 Å². The molecule has 2 heterocycles. The largest absolute Gasteiger partial charge is 0.383 e.